The maximum atomic E-state index is 13.5. The van der Waals surface area contributed by atoms with Gasteiger partial charge in [-0.25, -0.2) is 0 Å². The first-order valence-corrected chi connectivity index (χ1v) is 32.4. The summed E-state index contributed by atoms with van der Waals surface area (Å²) in [6.07, 6.45) is 71.3. The molecule has 10 heteroatoms. The van der Waals surface area contributed by atoms with Gasteiger partial charge in [-0.05, 0) is 96.0 Å². The number of phosphoric ester groups is 1. The van der Waals surface area contributed by atoms with E-state index < -0.39 is 26.6 Å². The lowest BCUT2D eigenvalue weighted by molar-refractivity contribution is -0.870. The normalized spacial score (nSPS) is 14.3. The molecular weight excluding hydrogens is 952 g/mol. The molecule has 3 atom stereocenters. The Bertz CT molecular complexity index is 1560. The lowest BCUT2D eigenvalue weighted by atomic mass is 10.0. The molecule has 0 heterocycles. The van der Waals surface area contributed by atoms with E-state index in [1.54, 1.807) is 0 Å². The topological polar surface area (TPSA) is 114 Å². The molecule has 0 radical (unpaired) electrons. The number of likely N-dealkylation sites (N-methyl/N-ethyl adjacent to an activating group) is 1. The highest BCUT2D eigenvalue weighted by Gasteiger charge is 2.27. The summed E-state index contributed by atoms with van der Waals surface area (Å²) in [6, 6.07) is -0.895. The molecule has 0 bridgehead atoms. The molecule has 0 spiro atoms. The van der Waals surface area contributed by atoms with E-state index in [0.29, 0.717) is 17.4 Å². The van der Waals surface area contributed by atoms with Gasteiger partial charge in [-0.1, -0.05) is 241 Å². The van der Waals surface area contributed by atoms with Gasteiger partial charge in [0, 0.05) is 12.8 Å². The standard InChI is InChI=1S/C65H117N2O7P/c1-7-10-13-16-19-22-25-26-27-28-29-30-31-32-33-34-35-36-37-38-39-40-43-45-48-51-54-57-64(68)66-62(61-73-75(70,71)72-60-59-67(4,5)6)63(56-53-50-47-44-41-23-20-17-14-11-8-2)74-65(69)58-55-52-49-46-42-24-21-18-15-12-9-3/h10,13,18-19,21-22,26-27,29-30,32-33,53,56,62-63H,7-9,11-12,14-17,20,23-25,28,31,34-52,54-55,57-61H2,1-6H3,(H-,66,68,70,71)/b13-10-,21-18-,22-19-,27-26-,30-29-,33-32-,56-53-. The van der Waals surface area contributed by atoms with Crippen LogP contribution in [-0.4, -0.2) is 69.4 Å². The summed E-state index contributed by atoms with van der Waals surface area (Å²) in [7, 11) is 1.17. The Kier molecular flexibility index (Phi) is 52.5. The molecule has 1 amide bonds. The number of amides is 1. The van der Waals surface area contributed by atoms with E-state index in [0.717, 1.165) is 128 Å². The molecule has 0 fully saturated rings. The van der Waals surface area contributed by atoms with E-state index in [9.17, 15) is 19.0 Å². The monoisotopic (exact) mass is 1070 g/mol. The minimum atomic E-state index is -4.70. The van der Waals surface area contributed by atoms with Gasteiger partial charge in [0.2, 0.25) is 5.91 Å². The van der Waals surface area contributed by atoms with Crippen LogP contribution in [0.4, 0.5) is 0 Å². The number of phosphoric acid groups is 1. The first-order valence-electron chi connectivity index (χ1n) is 30.9. The predicted molar refractivity (Wildman–Crippen MR) is 321 cm³/mol. The maximum Gasteiger partial charge on any atom is 0.306 e. The van der Waals surface area contributed by atoms with E-state index in [-0.39, 0.29) is 24.9 Å². The van der Waals surface area contributed by atoms with Crippen molar-refractivity contribution in [2.75, 3.05) is 40.9 Å². The Morgan fingerprint density at radius 3 is 1.33 bits per heavy atom. The van der Waals surface area contributed by atoms with Crippen molar-refractivity contribution in [2.45, 2.75) is 277 Å². The minimum absolute atomic E-state index is 0.0268. The zero-order chi connectivity index (χ0) is 55.0. The van der Waals surface area contributed by atoms with Gasteiger partial charge in [0.25, 0.3) is 7.82 Å². The van der Waals surface area contributed by atoms with Crippen LogP contribution in [0, 0.1) is 0 Å². The highest BCUT2D eigenvalue weighted by molar-refractivity contribution is 7.45. The fourth-order valence-electron chi connectivity index (χ4n) is 8.53. The first-order chi connectivity index (χ1) is 36.4. The Hall–Kier alpha value is -2.81. The summed E-state index contributed by atoms with van der Waals surface area (Å²) in [5, 5.41) is 3.02. The van der Waals surface area contributed by atoms with Gasteiger partial charge >= 0.3 is 5.97 Å². The summed E-state index contributed by atoms with van der Waals surface area (Å²) in [5.41, 5.74) is 0. The van der Waals surface area contributed by atoms with Gasteiger partial charge < -0.3 is 28.5 Å². The summed E-state index contributed by atoms with van der Waals surface area (Å²) in [6.45, 7) is 6.67. The van der Waals surface area contributed by atoms with Crippen molar-refractivity contribution < 1.29 is 37.3 Å². The number of ether oxygens (including phenoxy) is 1. The number of carbonyl (C=O) groups is 2. The van der Waals surface area contributed by atoms with Crippen LogP contribution in [0.3, 0.4) is 0 Å². The molecule has 0 aromatic carbocycles. The van der Waals surface area contributed by atoms with Crippen LogP contribution in [-0.2, 0) is 27.9 Å². The van der Waals surface area contributed by atoms with Crippen molar-refractivity contribution in [3.63, 3.8) is 0 Å². The number of allylic oxidation sites excluding steroid dienone is 13. The van der Waals surface area contributed by atoms with Crippen LogP contribution in [0.15, 0.2) is 85.1 Å². The summed E-state index contributed by atoms with van der Waals surface area (Å²) >= 11 is 0. The molecule has 9 nitrogen and oxygen atoms in total. The zero-order valence-corrected chi connectivity index (χ0v) is 50.4. The van der Waals surface area contributed by atoms with E-state index >= 15 is 0 Å². The van der Waals surface area contributed by atoms with E-state index in [1.165, 1.54) is 103 Å². The Morgan fingerprint density at radius 2 is 0.867 bits per heavy atom. The fraction of sp³-hybridized carbons (Fsp3) is 0.754. The lowest BCUT2D eigenvalue weighted by Gasteiger charge is -2.30. The number of esters is 1. The third-order valence-corrected chi connectivity index (χ3v) is 14.3. The number of quaternary nitrogens is 1. The number of hydrogen-bond acceptors (Lipinski definition) is 7. The second-order valence-electron chi connectivity index (χ2n) is 21.8. The Labute approximate surface area is 463 Å². The molecule has 0 aliphatic heterocycles. The third-order valence-electron chi connectivity index (χ3n) is 13.3. The average molecular weight is 1070 g/mol. The van der Waals surface area contributed by atoms with Crippen LogP contribution < -0.4 is 10.2 Å². The number of carbonyl (C=O) groups excluding carboxylic acids is 2. The van der Waals surface area contributed by atoms with Crippen molar-refractivity contribution >= 4 is 19.7 Å². The molecule has 0 saturated carbocycles. The average Bonchev–Trinajstić information content (AvgIpc) is 3.37. The highest BCUT2D eigenvalue weighted by atomic mass is 31.2. The molecule has 434 valence electrons. The van der Waals surface area contributed by atoms with Gasteiger partial charge in [0.15, 0.2) is 0 Å². The van der Waals surface area contributed by atoms with Gasteiger partial charge in [-0.15, -0.1) is 0 Å². The smallest absolute Gasteiger partial charge is 0.306 e. The second kappa shape index (κ2) is 54.5. The molecule has 0 rings (SSSR count). The summed E-state index contributed by atoms with van der Waals surface area (Å²) in [5.74, 6) is -0.558. The number of hydrogen-bond donors (Lipinski definition) is 1. The van der Waals surface area contributed by atoms with Crippen LogP contribution in [0.2, 0.25) is 0 Å². The number of rotatable bonds is 55. The lowest BCUT2D eigenvalue weighted by Crippen LogP contribution is -2.47. The van der Waals surface area contributed by atoms with Gasteiger partial charge in [0.1, 0.15) is 19.3 Å². The third kappa shape index (κ3) is 55.7. The molecule has 0 aromatic heterocycles. The van der Waals surface area contributed by atoms with Crippen LogP contribution >= 0.6 is 7.82 Å². The number of nitrogens with zero attached hydrogens (tertiary/aromatic N) is 1. The molecule has 3 unspecified atom stereocenters. The largest absolute Gasteiger partial charge is 0.756 e. The van der Waals surface area contributed by atoms with Crippen molar-refractivity contribution in [1.82, 2.24) is 5.32 Å². The number of unbranched alkanes of at least 4 members (excludes halogenated alkanes) is 27. The van der Waals surface area contributed by atoms with Gasteiger partial charge in [-0.2, -0.15) is 0 Å². The molecule has 75 heavy (non-hydrogen) atoms. The Balaban J connectivity index is 5.02. The van der Waals surface area contributed by atoms with Crippen molar-refractivity contribution in [1.29, 1.82) is 0 Å². The second-order valence-corrected chi connectivity index (χ2v) is 23.2. The van der Waals surface area contributed by atoms with E-state index in [4.69, 9.17) is 13.8 Å². The molecule has 0 aliphatic carbocycles. The maximum absolute atomic E-state index is 13.5. The Morgan fingerprint density at radius 1 is 0.480 bits per heavy atom. The van der Waals surface area contributed by atoms with Crippen molar-refractivity contribution in [3.8, 4) is 0 Å². The van der Waals surface area contributed by atoms with Crippen LogP contribution in [0.25, 0.3) is 0 Å². The van der Waals surface area contributed by atoms with E-state index in [1.807, 2.05) is 33.3 Å². The molecule has 0 aromatic rings. The zero-order valence-electron chi connectivity index (χ0n) is 49.5. The van der Waals surface area contributed by atoms with E-state index in [2.05, 4.69) is 99.0 Å². The number of nitrogens with one attached hydrogen (secondary N) is 1. The first kappa shape index (κ1) is 72.2. The van der Waals surface area contributed by atoms with Gasteiger partial charge in [-0.3, -0.25) is 14.2 Å². The van der Waals surface area contributed by atoms with Crippen LogP contribution in [0.5, 0.6) is 0 Å². The van der Waals surface area contributed by atoms with Crippen molar-refractivity contribution in [2.24, 2.45) is 0 Å². The van der Waals surface area contributed by atoms with Crippen molar-refractivity contribution in [3.05, 3.63) is 85.1 Å². The molecular formula is C65H117N2O7P. The summed E-state index contributed by atoms with van der Waals surface area (Å²) in [4.78, 5) is 39.9. The highest BCUT2D eigenvalue weighted by Crippen LogP contribution is 2.38. The van der Waals surface area contributed by atoms with Crippen LogP contribution in [0.1, 0.15) is 265 Å². The quantitative estimate of drug-likeness (QED) is 0.0212. The molecule has 0 saturated heterocycles. The fourth-order valence-corrected chi connectivity index (χ4v) is 9.25. The predicted octanol–water partition coefficient (Wildman–Crippen LogP) is 18.4. The summed E-state index contributed by atoms with van der Waals surface area (Å²) < 4.78 is 30.2. The minimum Gasteiger partial charge on any atom is -0.756 e. The van der Waals surface area contributed by atoms with Gasteiger partial charge in [0.05, 0.1) is 33.8 Å². The SMILES string of the molecule is CC/C=C\C/C=C\C/C=C\C/C=C\C/C=C\CCCCCCCCCCCCCC(=O)NC(COP(=O)([O-])OCC[N+](C)(C)C)C(/C=C\CCCCCCCCCCC)OC(=O)CCCCCCC/C=C\CCCC. The molecule has 0 aliphatic rings. The molecule has 1 N–H and O–H groups in total.